The van der Waals surface area contributed by atoms with E-state index in [4.69, 9.17) is 9.47 Å². The Morgan fingerprint density at radius 3 is 2.56 bits per heavy atom. The van der Waals surface area contributed by atoms with Crippen LogP contribution in [0.1, 0.15) is 23.2 Å². The Morgan fingerprint density at radius 1 is 1.11 bits per heavy atom. The molecule has 0 radical (unpaired) electrons. The third kappa shape index (κ3) is 3.94. The van der Waals surface area contributed by atoms with Gasteiger partial charge in [0.2, 0.25) is 5.88 Å². The lowest BCUT2D eigenvalue weighted by molar-refractivity contribution is 0.0916. The fourth-order valence-corrected chi connectivity index (χ4v) is 3.74. The van der Waals surface area contributed by atoms with Crippen molar-refractivity contribution in [3.63, 3.8) is 0 Å². The highest BCUT2D eigenvalue weighted by atomic mass is 16.5. The van der Waals surface area contributed by atoms with Crippen LogP contribution < -0.4 is 10.1 Å². The first-order valence-electron chi connectivity index (χ1n) is 9.35. The van der Waals surface area contributed by atoms with Gasteiger partial charge in [0.15, 0.2) is 0 Å². The number of rotatable bonds is 5. The van der Waals surface area contributed by atoms with Crippen LogP contribution in [0.15, 0.2) is 36.4 Å². The van der Waals surface area contributed by atoms with Gasteiger partial charge in [-0.2, -0.15) is 0 Å². The minimum atomic E-state index is -0.0675. The summed E-state index contributed by atoms with van der Waals surface area (Å²) in [6.45, 7) is 3.46. The summed E-state index contributed by atoms with van der Waals surface area (Å²) in [4.78, 5) is 15.1. The zero-order valence-corrected chi connectivity index (χ0v) is 15.4. The van der Waals surface area contributed by atoms with E-state index in [0.717, 1.165) is 24.3 Å². The second-order valence-electron chi connectivity index (χ2n) is 6.97. The molecule has 1 aromatic carbocycles. The molecule has 7 heteroatoms. The van der Waals surface area contributed by atoms with Gasteiger partial charge in [0.05, 0.1) is 38.1 Å². The molecule has 0 saturated carbocycles. The van der Waals surface area contributed by atoms with E-state index in [-0.39, 0.29) is 18.0 Å². The summed E-state index contributed by atoms with van der Waals surface area (Å²) in [6.07, 6.45) is 2.46. The van der Waals surface area contributed by atoms with Gasteiger partial charge in [-0.15, -0.1) is 10.2 Å². The number of ether oxygens (including phenoxy) is 2. The summed E-state index contributed by atoms with van der Waals surface area (Å²) >= 11 is 0. The quantitative estimate of drug-likeness (QED) is 0.866. The molecule has 2 aliphatic rings. The molecule has 1 aromatic heterocycles. The van der Waals surface area contributed by atoms with Crippen molar-refractivity contribution in [2.24, 2.45) is 0 Å². The summed E-state index contributed by atoms with van der Waals surface area (Å²) in [7, 11) is 1.56. The van der Waals surface area contributed by atoms with Gasteiger partial charge in [-0.25, -0.2) is 0 Å². The summed E-state index contributed by atoms with van der Waals surface area (Å²) in [5, 5.41) is 11.3. The standard InChI is InChI=1S/C20H24N4O3/c1-26-19-9-8-16(22-23-19)14-4-6-15(7-5-14)20(25)21-17-12-27-13-18(17)24-10-2-3-11-24/h4-9,17-18H,2-3,10-13H2,1H3,(H,21,25)/t17-,18-/m0/s1. The molecule has 4 rings (SSSR count). The third-order valence-corrected chi connectivity index (χ3v) is 5.27. The van der Waals surface area contributed by atoms with Gasteiger partial charge in [-0.05, 0) is 44.1 Å². The molecule has 2 atom stereocenters. The fraction of sp³-hybridized carbons (Fsp3) is 0.450. The molecule has 2 aromatic rings. The van der Waals surface area contributed by atoms with Crippen LogP contribution in [0.5, 0.6) is 5.88 Å². The summed E-state index contributed by atoms with van der Waals surface area (Å²) in [5.74, 6) is 0.406. The Morgan fingerprint density at radius 2 is 1.89 bits per heavy atom. The maximum atomic E-state index is 12.7. The minimum Gasteiger partial charge on any atom is -0.480 e. The molecule has 2 saturated heterocycles. The molecule has 3 heterocycles. The molecule has 1 amide bonds. The van der Waals surface area contributed by atoms with Crippen molar-refractivity contribution in [3.8, 4) is 17.1 Å². The molecular weight excluding hydrogens is 344 g/mol. The summed E-state index contributed by atoms with van der Waals surface area (Å²) in [5.41, 5.74) is 2.27. The van der Waals surface area contributed by atoms with E-state index < -0.39 is 0 Å². The first-order valence-corrected chi connectivity index (χ1v) is 9.35. The molecule has 0 spiro atoms. The van der Waals surface area contributed by atoms with Gasteiger partial charge < -0.3 is 14.8 Å². The van der Waals surface area contributed by atoms with Crippen molar-refractivity contribution in [2.75, 3.05) is 33.4 Å². The number of methoxy groups -OCH3 is 1. The van der Waals surface area contributed by atoms with Crippen LogP contribution in [-0.4, -0.2) is 66.5 Å². The molecule has 0 unspecified atom stereocenters. The predicted molar refractivity (Wildman–Crippen MR) is 101 cm³/mol. The van der Waals surface area contributed by atoms with Crippen LogP contribution in [0.2, 0.25) is 0 Å². The smallest absolute Gasteiger partial charge is 0.251 e. The number of hydrogen-bond donors (Lipinski definition) is 1. The van der Waals surface area contributed by atoms with E-state index in [1.165, 1.54) is 12.8 Å². The highest BCUT2D eigenvalue weighted by Gasteiger charge is 2.35. The maximum absolute atomic E-state index is 12.7. The molecule has 2 fully saturated rings. The second-order valence-corrected chi connectivity index (χ2v) is 6.97. The van der Waals surface area contributed by atoms with E-state index in [9.17, 15) is 4.79 Å². The normalized spacial score (nSPS) is 22.7. The molecule has 0 aliphatic carbocycles. The van der Waals surface area contributed by atoms with Gasteiger partial charge >= 0.3 is 0 Å². The molecular formula is C20H24N4O3. The Kier molecular flexibility index (Phi) is 5.31. The van der Waals surface area contributed by atoms with Crippen molar-refractivity contribution in [2.45, 2.75) is 24.9 Å². The van der Waals surface area contributed by atoms with Crippen molar-refractivity contribution >= 4 is 5.91 Å². The molecule has 142 valence electrons. The average molecular weight is 368 g/mol. The van der Waals surface area contributed by atoms with Gasteiger partial charge in [0, 0.05) is 17.2 Å². The topological polar surface area (TPSA) is 76.6 Å². The number of nitrogens with one attached hydrogen (secondary N) is 1. The van der Waals surface area contributed by atoms with Crippen molar-refractivity contribution in [3.05, 3.63) is 42.0 Å². The van der Waals surface area contributed by atoms with Gasteiger partial charge in [0.25, 0.3) is 5.91 Å². The first-order chi connectivity index (χ1) is 13.2. The highest BCUT2D eigenvalue weighted by molar-refractivity contribution is 5.94. The SMILES string of the molecule is COc1ccc(-c2ccc(C(=O)N[C@H]3COC[C@@H]3N3CCCC3)cc2)nn1. The van der Waals surface area contributed by atoms with Crippen LogP contribution >= 0.6 is 0 Å². The van der Waals surface area contributed by atoms with Crippen molar-refractivity contribution in [1.29, 1.82) is 0 Å². The number of hydrogen-bond acceptors (Lipinski definition) is 6. The van der Waals surface area contributed by atoms with Crippen molar-refractivity contribution in [1.82, 2.24) is 20.4 Å². The monoisotopic (exact) mass is 368 g/mol. The summed E-state index contributed by atoms with van der Waals surface area (Å²) in [6, 6.07) is 11.3. The zero-order chi connectivity index (χ0) is 18.6. The Hall–Kier alpha value is -2.51. The number of likely N-dealkylation sites (tertiary alicyclic amines) is 1. The number of benzene rings is 1. The summed E-state index contributed by atoms with van der Waals surface area (Å²) < 4.78 is 10.7. The van der Waals surface area contributed by atoms with Crippen LogP contribution in [0.25, 0.3) is 11.3 Å². The van der Waals surface area contributed by atoms with Crippen LogP contribution in [-0.2, 0) is 4.74 Å². The van der Waals surface area contributed by atoms with Crippen LogP contribution in [0.3, 0.4) is 0 Å². The van der Waals surface area contributed by atoms with Gasteiger partial charge in [0.1, 0.15) is 0 Å². The molecule has 2 aliphatic heterocycles. The van der Waals surface area contributed by atoms with E-state index in [1.54, 1.807) is 13.2 Å². The Bertz CT molecular complexity index is 773. The van der Waals surface area contributed by atoms with Gasteiger partial charge in [-0.1, -0.05) is 12.1 Å². The number of carbonyl (C=O) groups is 1. The van der Waals surface area contributed by atoms with E-state index in [0.29, 0.717) is 24.7 Å². The lowest BCUT2D eigenvalue weighted by Gasteiger charge is -2.27. The fourth-order valence-electron chi connectivity index (χ4n) is 3.74. The Labute approximate surface area is 158 Å². The lowest BCUT2D eigenvalue weighted by atomic mass is 10.1. The average Bonchev–Trinajstić information content (AvgIpc) is 3.40. The van der Waals surface area contributed by atoms with Gasteiger partial charge in [-0.3, -0.25) is 9.69 Å². The lowest BCUT2D eigenvalue weighted by Crippen LogP contribution is -2.50. The van der Waals surface area contributed by atoms with E-state index in [2.05, 4.69) is 20.4 Å². The third-order valence-electron chi connectivity index (χ3n) is 5.27. The number of carbonyl (C=O) groups excluding carboxylic acids is 1. The number of nitrogens with zero attached hydrogens (tertiary/aromatic N) is 3. The van der Waals surface area contributed by atoms with Crippen LogP contribution in [0, 0.1) is 0 Å². The Balaban J connectivity index is 1.41. The number of aromatic nitrogens is 2. The highest BCUT2D eigenvalue weighted by Crippen LogP contribution is 2.21. The molecule has 0 bridgehead atoms. The molecule has 27 heavy (non-hydrogen) atoms. The first kappa shape index (κ1) is 17.9. The zero-order valence-electron chi connectivity index (χ0n) is 15.4. The molecule has 1 N–H and O–H groups in total. The number of amides is 1. The maximum Gasteiger partial charge on any atom is 0.251 e. The minimum absolute atomic E-state index is 0.0442. The molecule has 7 nitrogen and oxygen atoms in total. The largest absolute Gasteiger partial charge is 0.480 e. The predicted octanol–water partition coefficient (Wildman–Crippen LogP) is 1.75. The second kappa shape index (κ2) is 8.02. The van der Waals surface area contributed by atoms with E-state index >= 15 is 0 Å². The van der Waals surface area contributed by atoms with Crippen LogP contribution in [0.4, 0.5) is 0 Å². The van der Waals surface area contributed by atoms with E-state index in [1.807, 2.05) is 30.3 Å². The van der Waals surface area contributed by atoms with Crippen molar-refractivity contribution < 1.29 is 14.3 Å².